The Morgan fingerprint density at radius 1 is 1.14 bits per heavy atom. The van der Waals surface area contributed by atoms with Gasteiger partial charge >= 0.3 is 0 Å². The fraction of sp³-hybridized carbons (Fsp3) is 0.235. The van der Waals surface area contributed by atoms with Crippen molar-refractivity contribution in [1.29, 1.82) is 0 Å². The number of benzene rings is 2. The molecule has 0 spiro atoms. The monoisotopic (exact) mass is 303 g/mol. The molecule has 2 rings (SSSR count). The molecular weight excluding hydrogens is 286 g/mol. The molecule has 0 radical (unpaired) electrons. The molecule has 1 amide bonds. The van der Waals surface area contributed by atoms with Crippen LogP contribution in [-0.2, 0) is 11.4 Å². The third-order valence-electron chi connectivity index (χ3n) is 3.25. The summed E-state index contributed by atoms with van der Waals surface area (Å²) in [4.78, 5) is 11.3. The fourth-order valence-corrected chi connectivity index (χ4v) is 2.05. The lowest BCUT2D eigenvalue weighted by Crippen LogP contribution is -2.13. The molecule has 110 valence electrons. The number of carbonyl (C=O) groups excluding carboxylic acids is 1. The van der Waals surface area contributed by atoms with Crippen molar-refractivity contribution in [3.63, 3.8) is 0 Å². The molecule has 0 aliphatic rings. The average Bonchev–Trinajstić information content (AvgIpc) is 2.48. The van der Waals surface area contributed by atoms with Crippen molar-refractivity contribution in [2.24, 2.45) is 0 Å². The Hall–Kier alpha value is -2.00. The second-order valence-electron chi connectivity index (χ2n) is 4.87. The Labute approximate surface area is 129 Å². The number of alkyl halides is 1. The number of hydrogen-bond donors (Lipinski definition) is 1. The third-order valence-corrected chi connectivity index (χ3v) is 3.49. The van der Waals surface area contributed by atoms with Gasteiger partial charge in [-0.25, -0.2) is 0 Å². The first-order valence-electron chi connectivity index (χ1n) is 6.74. The fourth-order valence-electron chi connectivity index (χ4n) is 1.98. The molecule has 0 heterocycles. The molecule has 0 aliphatic carbocycles. The summed E-state index contributed by atoms with van der Waals surface area (Å²) in [7, 11) is 0. The highest BCUT2D eigenvalue weighted by Gasteiger charge is 2.05. The van der Waals surface area contributed by atoms with E-state index in [4.69, 9.17) is 16.3 Å². The van der Waals surface area contributed by atoms with Crippen molar-refractivity contribution >= 4 is 23.2 Å². The van der Waals surface area contributed by atoms with Gasteiger partial charge < -0.3 is 10.1 Å². The summed E-state index contributed by atoms with van der Waals surface area (Å²) in [5.41, 5.74) is 4.06. The van der Waals surface area contributed by atoms with Crippen LogP contribution in [0.15, 0.2) is 42.5 Å². The minimum Gasteiger partial charge on any atom is -0.489 e. The van der Waals surface area contributed by atoms with Crippen LogP contribution < -0.4 is 10.1 Å². The van der Waals surface area contributed by atoms with Crippen molar-refractivity contribution in [2.45, 2.75) is 20.5 Å². The number of carbonyl (C=O) groups is 1. The zero-order chi connectivity index (χ0) is 15.2. The second-order valence-corrected chi connectivity index (χ2v) is 5.14. The van der Waals surface area contributed by atoms with Gasteiger partial charge in [0, 0.05) is 5.69 Å². The van der Waals surface area contributed by atoms with Gasteiger partial charge in [-0.05, 0) is 48.7 Å². The van der Waals surface area contributed by atoms with Gasteiger partial charge in [0.2, 0.25) is 5.91 Å². The predicted molar refractivity (Wildman–Crippen MR) is 86.0 cm³/mol. The largest absolute Gasteiger partial charge is 0.489 e. The van der Waals surface area contributed by atoms with Crippen LogP contribution in [0.2, 0.25) is 0 Å². The molecule has 0 aromatic heterocycles. The Bertz CT molecular complexity index is 640. The molecule has 0 saturated heterocycles. The van der Waals surface area contributed by atoms with Gasteiger partial charge in [-0.3, -0.25) is 4.79 Å². The average molecular weight is 304 g/mol. The maximum absolute atomic E-state index is 11.3. The third kappa shape index (κ3) is 4.23. The lowest BCUT2D eigenvalue weighted by Gasteiger charge is -2.12. The van der Waals surface area contributed by atoms with Gasteiger partial charge in [0.25, 0.3) is 0 Å². The number of rotatable bonds is 5. The van der Waals surface area contributed by atoms with Gasteiger partial charge in [-0.2, -0.15) is 0 Å². The van der Waals surface area contributed by atoms with E-state index in [-0.39, 0.29) is 11.8 Å². The summed E-state index contributed by atoms with van der Waals surface area (Å²) in [6, 6.07) is 13.7. The Morgan fingerprint density at radius 2 is 1.90 bits per heavy atom. The lowest BCUT2D eigenvalue weighted by atomic mass is 10.1. The second kappa shape index (κ2) is 7.14. The molecule has 2 aromatic carbocycles. The van der Waals surface area contributed by atoms with Crippen LogP contribution >= 0.6 is 11.6 Å². The normalized spacial score (nSPS) is 10.2. The first-order chi connectivity index (χ1) is 10.1. The highest BCUT2D eigenvalue weighted by atomic mass is 35.5. The maximum atomic E-state index is 11.3. The summed E-state index contributed by atoms with van der Waals surface area (Å²) >= 11 is 5.48. The molecule has 21 heavy (non-hydrogen) atoms. The molecule has 2 aromatic rings. The van der Waals surface area contributed by atoms with E-state index in [1.54, 1.807) is 0 Å². The number of anilines is 1. The van der Waals surface area contributed by atoms with Gasteiger partial charge in [0.15, 0.2) is 0 Å². The molecule has 4 heteroatoms. The molecule has 0 fully saturated rings. The van der Waals surface area contributed by atoms with Crippen LogP contribution in [0.3, 0.4) is 0 Å². The molecule has 1 N–H and O–H groups in total. The topological polar surface area (TPSA) is 38.3 Å². The summed E-state index contributed by atoms with van der Waals surface area (Å²) in [6.07, 6.45) is 0. The molecular formula is C17H18ClNO2. The van der Waals surface area contributed by atoms with Crippen molar-refractivity contribution in [2.75, 3.05) is 11.2 Å². The minimum absolute atomic E-state index is 0.0506. The summed E-state index contributed by atoms with van der Waals surface area (Å²) in [5.74, 6) is 0.512. The van der Waals surface area contributed by atoms with E-state index in [2.05, 4.69) is 24.4 Å². The number of halogens is 1. The van der Waals surface area contributed by atoms with Crippen molar-refractivity contribution in [1.82, 2.24) is 0 Å². The highest BCUT2D eigenvalue weighted by Crippen LogP contribution is 2.22. The van der Waals surface area contributed by atoms with Crippen LogP contribution in [0.25, 0.3) is 0 Å². The van der Waals surface area contributed by atoms with Crippen molar-refractivity contribution < 1.29 is 9.53 Å². The quantitative estimate of drug-likeness (QED) is 0.846. The summed E-state index contributed by atoms with van der Waals surface area (Å²) in [5, 5.41) is 2.74. The number of nitrogens with one attached hydrogen (secondary N) is 1. The zero-order valence-electron chi connectivity index (χ0n) is 12.2. The van der Waals surface area contributed by atoms with Crippen LogP contribution in [-0.4, -0.2) is 11.8 Å². The van der Waals surface area contributed by atoms with Gasteiger partial charge in [-0.1, -0.05) is 24.3 Å². The van der Waals surface area contributed by atoms with E-state index >= 15 is 0 Å². The molecule has 3 nitrogen and oxygen atoms in total. The van der Waals surface area contributed by atoms with Gasteiger partial charge in [0.1, 0.15) is 18.2 Å². The number of hydrogen-bond acceptors (Lipinski definition) is 2. The minimum atomic E-state index is -0.214. The number of ether oxygens (including phenoxy) is 1. The van der Waals surface area contributed by atoms with Crippen LogP contribution in [0.5, 0.6) is 5.75 Å². The zero-order valence-corrected chi connectivity index (χ0v) is 12.9. The smallest absolute Gasteiger partial charge is 0.239 e. The highest BCUT2D eigenvalue weighted by molar-refractivity contribution is 6.29. The Balaban J connectivity index is 2.03. The first-order valence-corrected chi connectivity index (χ1v) is 7.27. The van der Waals surface area contributed by atoms with Gasteiger partial charge in [-0.15, -0.1) is 11.6 Å². The maximum Gasteiger partial charge on any atom is 0.239 e. The predicted octanol–water partition coefficient (Wildman–Crippen LogP) is 4.06. The van der Waals surface area contributed by atoms with E-state index in [1.165, 1.54) is 5.56 Å². The molecule has 0 bridgehead atoms. The molecule has 0 atom stereocenters. The van der Waals surface area contributed by atoms with Crippen LogP contribution in [0.1, 0.15) is 16.7 Å². The van der Waals surface area contributed by atoms with Gasteiger partial charge in [0.05, 0.1) is 0 Å². The van der Waals surface area contributed by atoms with E-state index in [1.807, 2.05) is 37.3 Å². The molecule has 0 aliphatic heterocycles. The summed E-state index contributed by atoms with van der Waals surface area (Å²) in [6.45, 7) is 4.51. The van der Waals surface area contributed by atoms with Crippen LogP contribution in [0, 0.1) is 13.8 Å². The lowest BCUT2D eigenvalue weighted by molar-refractivity contribution is -0.113. The van der Waals surface area contributed by atoms with Crippen molar-refractivity contribution in [3.05, 3.63) is 59.2 Å². The first kappa shape index (κ1) is 15.4. The van der Waals surface area contributed by atoms with Crippen LogP contribution in [0.4, 0.5) is 5.69 Å². The molecule has 0 unspecified atom stereocenters. The van der Waals surface area contributed by atoms with E-state index in [0.717, 1.165) is 22.6 Å². The number of aryl methyl sites for hydroxylation is 2. The van der Waals surface area contributed by atoms with E-state index in [0.29, 0.717) is 6.61 Å². The van der Waals surface area contributed by atoms with E-state index < -0.39 is 0 Å². The Kier molecular flexibility index (Phi) is 5.23. The van der Waals surface area contributed by atoms with E-state index in [9.17, 15) is 4.79 Å². The number of amides is 1. The van der Waals surface area contributed by atoms with Crippen molar-refractivity contribution in [3.8, 4) is 5.75 Å². The molecule has 0 saturated carbocycles. The SMILES string of the molecule is Cc1ccccc1COc1ccc(NC(=O)CCl)c(C)c1. The standard InChI is InChI=1S/C17H18ClNO2/c1-12-5-3-4-6-14(12)11-21-15-7-8-16(13(2)9-15)19-17(20)10-18/h3-9H,10-11H2,1-2H3,(H,19,20). The summed E-state index contributed by atoms with van der Waals surface area (Å²) < 4.78 is 5.80. The Morgan fingerprint density at radius 3 is 2.57 bits per heavy atom.